The minimum absolute atomic E-state index is 0.398. The van der Waals surface area contributed by atoms with Crippen LogP contribution in [-0.2, 0) is 9.47 Å². The van der Waals surface area contributed by atoms with E-state index in [9.17, 15) is 0 Å². The van der Waals surface area contributed by atoms with Crippen LogP contribution < -0.4 is 4.90 Å². The van der Waals surface area contributed by atoms with Gasteiger partial charge in [0.2, 0.25) is 0 Å². The highest BCUT2D eigenvalue weighted by Gasteiger charge is 2.27. The Bertz CT molecular complexity index is 316. The van der Waals surface area contributed by atoms with Gasteiger partial charge in [-0.2, -0.15) is 0 Å². The summed E-state index contributed by atoms with van der Waals surface area (Å²) in [6.45, 7) is 4.65. The van der Waals surface area contributed by atoms with E-state index in [1.807, 2.05) is 11.3 Å². The third-order valence-corrected chi connectivity index (χ3v) is 3.82. The molecular weight excluding hydrogens is 198 g/mol. The highest BCUT2D eigenvalue weighted by atomic mass is 32.1. The second-order valence-electron chi connectivity index (χ2n) is 3.60. The van der Waals surface area contributed by atoms with Crippen molar-refractivity contribution in [2.24, 2.45) is 0 Å². The first kappa shape index (κ1) is 8.71. The predicted molar refractivity (Wildman–Crippen MR) is 56.0 cm³/mol. The minimum atomic E-state index is 0.398. The molecule has 1 aromatic rings. The van der Waals surface area contributed by atoms with Crippen molar-refractivity contribution in [3.8, 4) is 0 Å². The summed E-state index contributed by atoms with van der Waals surface area (Å²) in [5.41, 5.74) is 0. The van der Waals surface area contributed by atoms with Crippen molar-refractivity contribution in [1.29, 1.82) is 0 Å². The molecule has 76 valence electrons. The predicted octanol–water partition coefficient (Wildman–Crippen LogP) is 1.66. The molecule has 2 aliphatic rings. The number of morpholine rings is 1. The van der Waals surface area contributed by atoms with Crippen LogP contribution in [0.4, 0.5) is 5.00 Å². The summed E-state index contributed by atoms with van der Waals surface area (Å²) in [6, 6.07) is 4.39. The maximum Gasteiger partial charge on any atom is 0.115 e. The van der Waals surface area contributed by atoms with Gasteiger partial charge in [-0.15, -0.1) is 11.3 Å². The fraction of sp³-hybridized carbons (Fsp3) is 0.600. The summed E-state index contributed by atoms with van der Waals surface area (Å²) < 4.78 is 10.6. The van der Waals surface area contributed by atoms with Crippen molar-refractivity contribution in [2.45, 2.75) is 6.10 Å². The fourth-order valence-corrected chi connectivity index (χ4v) is 2.77. The van der Waals surface area contributed by atoms with Gasteiger partial charge in [-0.3, -0.25) is 0 Å². The Morgan fingerprint density at radius 1 is 1.29 bits per heavy atom. The van der Waals surface area contributed by atoms with Crippen molar-refractivity contribution in [1.82, 2.24) is 0 Å². The van der Waals surface area contributed by atoms with E-state index in [0.29, 0.717) is 6.10 Å². The molecular formula is C10H13NO2S. The Hall–Kier alpha value is -0.580. The van der Waals surface area contributed by atoms with Crippen LogP contribution >= 0.6 is 11.3 Å². The average molecular weight is 211 g/mol. The Kier molecular flexibility index (Phi) is 2.20. The Balaban J connectivity index is 1.74. The number of thiophene rings is 1. The molecule has 3 rings (SSSR count). The highest BCUT2D eigenvalue weighted by molar-refractivity contribution is 7.16. The van der Waals surface area contributed by atoms with E-state index < -0.39 is 0 Å². The largest absolute Gasteiger partial charge is 0.378 e. The van der Waals surface area contributed by atoms with Crippen LogP contribution in [0.5, 0.6) is 0 Å². The zero-order valence-corrected chi connectivity index (χ0v) is 8.76. The minimum Gasteiger partial charge on any atom is -0.378 e. The van der Waals surface area contributed by atoms with Gasteiger partial charge in [-0.25, -0.2) is 0 Å². The van der Waals surface area contributed by atoms with E-state index in [4.69, 9.17) is 9.47 Å². The van der Waals surface area contributed by atoms with Crippen LogP contribution in [0, 0.1) is 0 Å². The Morgan fingerprint density at radius 2 is 2.07 bits per heavy atom. The van der Waals surface area contributed by atoms with Crippen molar-refractivity contribution in [2.75, 3.05) is 37.8 Å². The number of rotatable bonds is 2. The molecule has 3 nitrogen and oxygen atoms in total. The lowest BCUT2D eigenvalue weighted by Gasteiger charge is -2.27. The lowest BCUT2D eigenvalue weighted by Crippen LogP contribution is -2.35. The number of ether oxygens (including phenoxy) is 2. The van der Waals surface area contributed by atoms with E-state index in [-0.39, 0.29) is 0 Å². The number of anilines is 1. The molecule has 0 bridgehead atoms. The summed E-state index contributed by atoms with van der Waals surface area (Å²) in [6.07, 6.45) is 0.398. The average Bonchev–Trinajstić information content (AvgIpc) is 2.98. The summed E-state index contributed by atoms with van der Waals surface area (Å²) >= 11 is 1.86. The molecule has 0 aromatic carbocycles. The number of epoxide rings is 1. The van der Waals surface area contributed by atoms with Crippen LogP contribution in [0.2, 0.25) is 0 Å². The third kappa shape index (κ3) is 1.65. The molecule has 14 heavy (non-hydrogen) atoms. The highest BCUT2D eigenvalue weighted by Crippen LogP contribution is 2.38. The molecule has 0 spiro atoms. The lowest BCUT2D eigenvalue weighted by molar-refractivity contribution is 0.123. The van der Waals surface area contributed by atoms with Gasteiger partial charge in [0.1, 0.15) is 6.10 Å². The van der Waals surface area contributed by atoms with Crippen molar-refractivity contribution < 1.29 is 9.47 Å². The first-order valence-corrected chi connectivity index (χ1v) is 5.79. The normalized spacial score (nSPS) is 26.6. The molecule has 0 radical (unpaired) electrons. The summed E-state index contributed by atoms with van der Waals surface area (Å²) in [5, 5.41) is 1.36. The Morgan fingerprint density at radius 3 is 2.79 bits per heavy atom. The fourth-order valence-electron chi connectivity index (χ4n) is 1.68. The molecule has 2 fully saturated rings. The topological polar surface area (TPSA) is 25.0 Å². The van der Waals surface area contributed by atoms with Crippen LogP contribution in [0.3, 0.4) is 0 Å². The summed E-state index contributed by atoms with van der Waals surface area (Å²) in [7, 11) is 0. The molecule has 0 N–H and O–H groups in total. The van der Waals surface area contributed by atoms with Gasteiger partial charge in [-0.1, -0.05) is 0 Å². The van der Waals surface area contributed by atoms with Gasteiger partial charge in [0.25, 0.3) is 0 Å². The number of hydrogen-bond acceptors (Lipinski definition) is 4. The van der Waals surface area contributed by atoms with Crippen LogP contribution in [0.25, 0.3) is 0 Å². The zero-order valence-electron chi connectivity index (χ0n) is 7.94. The van der Waals surface area contributed by atoms with E-state index in [2.05, 4.69) is 17.0 Å². The van der Waals surface area contributed by atoms with Gasteiger partial charge in [-0.05, 0) is 12.1 Å². The van der Waals surface area contributed by atoms with E-state index in [1.165, 1.54) is 9.88 Å². The molecule has 1 atom stereocenters. The quantitative estimate of drug-likeness (QED) is 0.695. The van der Waals surface area contributed by atoms with Crippen molar-refractivity contribution in [3.05, 3.63) is 17.0 Å². The Labute approximate surface area is 87.2 Å². The first-order chi connectivity index (χ1) is 6.93. The maximum absolute atomic E-state index is 5.33. The van der Waals surface area contributed by atoms with E-state index >= 15 is 0 Å². The van der Waals surface area contributed by atoms with Crippen molar-refractivity contribution >= 4 is 16.3 Å². The van der Waals surface area contributed by atoms with E-state index in [0.717, 1.165) is 32.9 Å². The van der Waals surface area contributed by atoms with Crippen molar-refractivity contribution in [3.63, 3.8) is 0 Å². The van der Waals surface area contributed by atoms with Crippen LogP contribution in [0.15, 0.2) is 12.1 Å². The molecule has 4 heteroatoms. The van der Waals surface area contributed by atoms with Gasteiger partial charge >= 0.3 is 0 Å². The molecule has 0 saturated carbocycles. The summed E-state index contributed by atoms with van der Waals surface area (Å²) in [4.78, 5) is 3.76. The smallest absolute Gasteiger partial charge is 0.115 e. The van der Waals surface area contributed by atoms with Crippen LogP contribution in [-0.4, -0.2) is 32.9 Å². The monoisotopic (exact) mass is 211 g/mol. The van der Waals surface area contributed by atoms with E-state index in [1.54, 1.807) is 0 Å². The lowest BCUT2D eigenvalue weighted by atomic mass is 10.4. The first-order valence-electron chi connectivity index (χ1n) is 4.97. The maximum atomic E-state index is 5.33. The molecule has 1 aromatic heterocycles. The SMILES string of the molecule is c1cc(N2CCOCC2)sc1C1CO1. The van der Waals surface area contributed by atoms with Crippen LogP contribution in [0.1, 0.15) is 11.0 Å². The molecule has 0 aliphatic carbocycles. The molecule has 2 saturated heterocycles. The zero-order chi connectivity index (χ0) is 9.38. The van der Waals surface area contributed by atoms with Gasteiger partial charge in [0.15, 0.2) is 0 Å². The molecule has 3 heterocycles. The molecule has 2 aliphatic heterocycles. The molecule has 1 unspecified atom stereocenters. The summed E-state index contributed by atoms with van der Waals surface area (Å²) in [5.74, 6) is 0. The number of nitrogens with zero attached hydrogens (tertiary/aromatic N) is 1. The standard InChI is InChI=1S/C10H13NO2S/c1-2-10(11-3-5-12-6-4-11)14-9(1)8-7-13-8/h1-2,8H,3-7H2. The second-order valence-corrected chi connectivity index (χ2v) is 4.69. The second kappa shape index (κ2) is 3.53. The number of hydrogen-bond donors (Lipinski definition) is 0. The van der Waals surface area contributed by atoms with Gasteiger partial charge in [0.05, 0.1) is 24.8 Å². The van der Waals surface area contributed by atoms with Gasteiger partial charge < -0.3 is 14.4 Å². The third-order valence-electron chi connectivity index (χ3n) is 2.59. The van der Waals surface area contributed by atoms with Gasteiger partial charge in [0, 0.05) is 18.0 Å². The molecule has 0 amide bonds.